The first-order valence-electron chi connectivity index (χ1n) is 7.39. The van der Waals surface area contributed by atoms with Crippen LogP contribution in [0, 0.1) is 0 Å². The SMILES string of the molecule is CN(Cc1noc(C2CC2)n1)C(=O)C1(O)CCCCC1. The van der Waals surface area contributed by atoms with Crippen molar-refractivity contribution in [1.29, 1.82) is 0 Å². The van der Waals surface area contributed by atoms with E-state index in [1.165, 1.54) is 4.90 Å². The Kier molecular flexibility index (Phi) is 3.50. The Morgan fingerprint density at radius 2 is 2.10 bits per heavy atom. The van der Waals surface area contributed by atoms with Gasteiger partial charge < -0.3 is 14.5 Å². The van der Waals surface area contributed by atoms with Crippen molar-refractivity contribution in [2.45, 2.75) is 63.0 Å². The maximum Gasteiger partial charge on any atom is 0.254 e. The number of aromatic nitrogens is 2. The molecule has 0 bridgehead atoms. The zero-order valence-corrected chi connectivity index (χ0v) is 11.8. The molecule has 0 spiro atoms. The largest absolute Gasteiger partial charge is 0.380 e. The van der Waals surface area contributed by atoms with Crippen LogP contribution in [0.2, 0.25) is 0 Å². The molecule has 6 heteroatoms. The van der Waals surface area contributed by atoms with Crippen molar-refractivity contribution in [3.8, 4) is 0 Å². The van der Waals surface area contributed by atoms with Crippen molar-refractivity contribution in [2.75, 3.05) is 7.05 Å². The van der Waals surface area contributed by atoms with E-state index in [9.17, 15) is 9.90 Å². The van der Waals surface area contributed by atoms with Gasteiger partial charge in [-0.25, -0.2) is 0 Å². The first-order chi connectivity index (χ1) is 9.58. The van der Waals surface area contributed by atoms with Crippen LogP contribution in [0.5, 0.6) is 0 Å². The predicted octanol–water partition coefficient (Wildman–Crippen LogP) is 1.60. The molecule has 6 nitrogen and oxygen atoms in total. The highest BCUT2D eigenvalue weighted by Gasteiger charge is 2.39. The molecule has 0 unspecified atom stereocenters. The third-order valence-corrected chi connectivity index (χ3v) is 4.21. The molecule has 0 atom stereocenters. The summed E-state index contributed by atoms with van der Waals surface area (Å²) in [7, 11) is 1.68. The fourth-order valence-electron chi connectivity index (χ4n) is 2.82. The second kappa shape index (κ2) is 5.16. The van der Waals surface area contributed by atoms with E-state index in [0.29, 0.717) is 30.5 Å². The fraction of sp³-hybridized carbons (Fsp3) is 0.786. The first kappa shape index (κ1) is 13.5. The van der Waals surface area contributed by atoms with Crippen LogP contribution in [-0.2, 0) is 11.3 Å². The lowest BCUT2D eigenvalue weighted by Crippen LogP contribution is -2.48. The van der Waals surface area contributed by atoms with Crippen LogP contribution in [0.1, 0.15) is 62.6 Å². The van der Waals surface area contributed by atoms with Crippen molar-refractivity contribution >= 4 is 5.91 Å². The van der Waals surface area contributed by atoms with E-state index in [1.54, 1.807) is 7.05 Å². The second-order valence-electron chi connectivity index (χ2n) is 6.08. The van der Waals surface area contributed by atoms with Gasteiger partial charge in [-0.1, -0.05) is 24.4 Å². The predicted molar refractivity (Wildman–Crippen MR) is 70.8 cm³/mol. The minimum Gasteiger partial charge on any atom is -0.380 e. The van der Waals surface area contributed by atoms with Gasteiger partial charge in [-0.3, -0.25) is 4.79 Å². The third-order valence-electron chi connectivity index (χ3n) is 4.21. The summed E-state index contributed by atoms with van der Waals surface area (Å²) < 4.78 is 5.18. The summed E-state index contributed by atoms with van der Waals surface area (Å²) in [5.74, 6) is 1.38. The monoisotopic (exact) mass is 279 g/mol. The summed E-state index contributed by atoms with van der Waals surface area (Å²) in [4.78, 5) is 18.2. The molecule has 110 valence electrons. The Hall–Kier alpha value is -1.43. The van der Waals surface area contributed by atoms with E-state index >= 15 is 0 Å². The van der Waals surface area contributed by atoms with Gasteiger partial charge >= 0.3 is 0 Å². The van der Waals surface area contributed by atoms with E-state index in [0.717, 1.165) is 32.1 Å². The number of hydrogen-bond donors (Lipinski definition) is 1. The van der Waals surface area contributed by atoms with E-state index < -0.39 is 5.60 Å². The fourth-order valence-corrected chi connectivity index (χ4v) is 2.82. The molecule has 0 radical (unpaired) electrons. The Balaban J connectivity index is 1.62. The van der Waals surface area contributed by atoms with Gasteiger partial charge in [0.1, 0.15) is 5.60 Å². The lowest BCUT2D eigenvalue weighted by Gasteiger charge is -2.33. The van der Waals surface area contributed by atoms with E-state index in [2.05, 4.69) is 10.1 Å². The van der Waals surface area contributed by atoms with Crippen LogP contribution >= 0.6 is 0 Å². The van der Waals surface area contributed by atoms with Crippen LogP contribution in [0.25, 0.3) is 0 Å². The molecule has 2 saturated carbocycles. The van der Waals surface area contributed by atoms with E-state index in [1.807, 2.05) is 0 Å². The molecule has 1 aromatic rings. The van der Waals surface area contributed by atoms with Gasteiger partial charge in [0.2, 0.25) is 5.89 Å². The minimum absolute atomic E-state index is 0.227. The maximum atomic E-state index is 12.4. The van der Waals surface area contributed by atoms with Gasteiger partial charge in [0, 0.05) is 13.0 Å². The molecule has 2 fully saturated rings. The zero-order chi connectivity index (χ0) is 14.2. The Bertz CT molecular complexity index is 490. The molecule has 1 amide bonds. The highest BCUT2D eigenvalue weighted by Crippen LogP contribution is 2.38. The lowest BCUT2D eigenvalue weighted by atomic mass is 9.84. The smallest absolute Gasteiger partial charge is 0.254 e. The van der Waals surface area contributed by atoms with Gasteiger partial charge in [-0.15, -0.1) is 0 Å². The van der Waals surface area contributed by atoms with Crippen LogP contribution < -0.4 is 0 Å². The number of likely N-dealkylation sites (N-methyl/N-ethyl adjacent to an activating group) is 1. The second-order valence-corrected chi connectivity index (χ2v) is 6.08. The number of nitrogens with zero attached hydrogens (tertiary/aromatic N) is 3. The molecular formula is C14H21N3O3. The lowest BCUT2D eigenvalue weighted by molar-refractivity contribution is -0.154. The number of aliphatic hydroxyl groups is 1. The molecule has 0 aliphatic heterocycles. The summed E-state index contributed by atoms with van der Waals surface area (Å²) in [6.45, 7) is 0.289. The number of carbonyl (C=O) groups is 1. The molecule has 1 aromatic heterocycles. The van der Waals surface area contributed by atoms with Crippen molar-refractivity contribution < 1.29 is 14.4 Å². The number of rotatable bonds is 4. The molecule has 2 aliphatic rings. The van der Waals surface area contributed by atoms with Crippen molar-refractivity contribution in [3.63, 3.8) is 0 Å². The quantitative estimate of drug-likeness (QED) is 0.905. The molecule has 1 N–H and O–H groups in total. The molecule has 20 heavy (non-hydrogen) atoms. The number of carbonyl (C=O) groups excluding carboxylic acids is 1. The zero-order valence-electron chi connectivity index (χ0n) is 11.8. The van der Waals surface area contributed by atoms with Crippen LogP contribution in [0.4, 0.5) is 0 Å². The normalized spacial score (nSPS) is 21.7. The van der Waals surface area contributed by atoms with Gasteiger partial charge in [0.05, 0.1) is 6.54 Å². The molecule has 0 aromatic carbocycles. The Morgan fingerprint density at radius 3 is 2.75 bits per heavy atom. The Labute approximate surface area is 118 Å². The van der Waals surface area contributed by atoms with Crippen LogP contribution in [0.3, 0.4) is 0 Å². The molecule has 1 heterocycles. The highest BCUT2D eigenvalue weighted by molar-refractivity contribution is 5.84. The van der Waals surface area contributed by atoms with E-state index in [4.69, 9.17) is 4.52 Å². The van der Waals surface area contributed by atoms with Crippen LogP contribution in [0.15, 0.2) is 4.52 Å². The summed E-state index contributed by atoms with van der Waals surface area (Å²) in [6, 6.07) is 0. The standard InChI is InChI=1S/C14H21N3O3/c1-17(13(18)14(19)7-3-2-4-8-14)9-11-15-12(20-16-11)10-5-6-10/h10,19H,2-9H2,1H3. The summed E-state index contributed by atoms with van der Waals surface area (Å²) in [6.07, 6.45) is 6.22. The van der Waals surface area contributed by atoms with Gasteiger partial charge in [-0.05, 0) is 25.7 Å². The van der Waals surface area contributed by atoms with Gasteiger partial charge in [0.25, 0.3) is 5.91 Å². The van der Waals surface area contributed by atoms with Crippen LogP contribution in [-0.4, -0.2) is 38.7 Å². The van der Waals surface area contributed by atoms with Gasteiger partial charge in [0.15, 0.2) is 5.82 Å². The van der Waals surface area contributed by atoms with Gasteiger partial charge in [-0.2, -0.15) is 4.98 Å². The molecular weight excluding hydrogens is 258 g/mol. The van der Waals surface area contributed by atoms with E-state index in [-0.39, 0.29) is 12.5 Å². The highest BCUT2D eigenvalue weighted by atomic mass is 16.5. The van der Waals surface area contributed by atoms with Crippen molar-refractivity contribution in [2.24, 2.45) is 0 Å². The summed E-state index contributed by atoms with van der Waals surface area (Å²) >= 11 is 0. The minimum atomic E-state index is -1.20. The molecule has 2 aliphatic carbocycles. The molecule has 0 saturated heterocycles. The average molecular weight is 279 g/mol. The summed E-state index contributed by atoms with van der Waals surface area (Å²) in [5, 5.41) is 14.3. The van der Waals surface area contributed by atoms with Crippen molar-refractivity contribution in [3.05, 3.63) is 11.7 Å². The number of hydrogen-bond acceptors (Lipinski definition) is 5. The summed E-state index contributed by atoms with van der Waals surface area (Å²) in [5.41, 5.74) is -1.20. The first-order valence-corrected chi connectivity index (χ1v) is 7.39. The van der Waals surface area contributed by atoms with Crippen molar-refractivity contribution in [1.82, 2.24) is 15.0 Å². The number of amides is 1. The molecule has 3 rings (SSSR count). The topological polar surface area (TPSA) is 79.5 Å². The maximum absolute atomic E-state index is 12.4. The Morgan fingerprint density at radius 1 is 1.40 bits per heavy atom. The average Bonchev–Trinajstić information content (AvgIpc) is 3.19. The third kappa shape index (κ3) is 2.70.